The van der Waals surface area contributed by atoms with Crippen molar-refractivity contribution in [2.75, 3.05) is 10.6 Å². The van der Waals surface area contributed by atoms with Crippen LogP contribution in [0, 0.1) is 0 Å². The van der Waals surface area contributed by atoms with Crippen LogP contribution in [0.5, 0.6) is 11.6 Å². The maximum absolute atomic E-state index is 12.6. The summed E-state index contributed by atoms with van der Waals surface area (Å²) in [5.41, 5.74) is 4.11. The molecule has 5 N–H and O–H groups in total. The highest BCUT2D eigenvalue weighted by Gasteiger charge is 2.11. The summed E-state index contributed by atoms with van der Waals surface area (Å²) in [6, 6.07) is 18.5. The Morgan fingerprint density at radius 1 is 0.976 bits per heavy atom. The lowest BCUT2D eigenvalue weighted by Crippen LogP contribution is -2.23. The van der Waals surface area contributed by atoms with E-state index < -0.39 is 5.91 Å². The number of aromatic nitrogens is 3. The SMILES string of the molecule is C=CC(=O)Nc1cccc(Oc2nc(Nc3ccc(C(=O)NCc4cccc(C=CC(=O)NO)n4)cc3)ncc2Cl)c1. The molecule has 12 nitrogen and oxygen atoms in total. The molecule has 3 amide bonds. The van der Waals surface area contributed by atoms with Crippen LogP contribution >= 0.6 is 11.6 Å². The third-order valence-corrected chi connectivity index (χ3v) is 5.65. The van der Waals surface area contributed by atoms with E-state index in [1.54, 1.807) is 66.7 Å². The van der Waals surface area contributed by atoms with E-state index >= 15 is 0 Å². The van der Waals surface area contributed by atoms with Crippen molar-refractivity contribution in [2.24, 2.45) is 0 Å². The normalized spacial score (nSPS) is 10.5. The van der Waals surface area contributed by atoms with Gasteiger partial charge in [0, 0.05) is 29.1 Å². The minimum atomic E-state index is -0.678. The van der Waals surface area contributed by atoms with Crippen molar-refractivity contribution < 1.29 is 24.3 Å². The summed E-state index contributed by atoms with van der Waals surface area (Å²) in [7, 11) is 0. The van der Waals surface area contributed by atoms with E-state index in [1.165, 1.54) is 17.8 Å². The van der Waals surface area contributed by atoms with Crippen molar-refractivity contribution in [1.29, 1.82) is 0 Å². The Morgan fingerprint density at radius 3 is 2.52 bits per heavy atom. The van der Waals surface area contributed by atoms with Crippen LogP contribution < -0.4 is 26.2 Å². The first-order valence-corrected chi connectivity index (χ1v) is 12.7. The van der Waals surface area contributed by atoms with Gasteiger partial charge in [-0.25, -0.2) is 10.5 Å². The van der Waals surface area contributed by atoms with Gasteiger partial charge in [0.1, 0.15) is 10.8 Å². The lowest BCUT2D eigenvalue weighted by Gasteiger charge is -2.11. The number of halogens is 1. The van der Waals surface area contributed by atoms with Gasteiger partial charge in [-0.3, -0.25) is 24.6 Å². The Morgan fingerprint density at radius 2 is 1.76 bits per heavy atom. The second-order valence-electron chi connectivity index (χ2n) is 8.42. The fourth-order valence-corrected chi connectivity index (χ4v) is 3.55. The second kappa shape index (κ2) is 14.2. The van der Waals surface area contributed by atoms with Gasteiger partial charge in [0.05, 0.1) is 24.1 Å². The molecule has 0 saturated carbocycles. The maximum atomic E-state index is 12.6. The van der Waals surface area contributed by atoms with Gasteiger partial charge in [-0.2, -0.15) is 4.98 Å². The van der Waals surface area contributed by atoms with Crippen molar-refractivity contribution in [3.8, 4) is 11.6 Å². The zero-order chi connectivity index (χ0) is 29.9. The third-order valence-electron chi connectivity index (χ3n) is 5.39. The van der Waals surface area contributed by atoms with Gasteiger partial charge < -0.3 is 20.7 Å². The van der Waals surface area contributed by atoms with E-state index in [2.05, 4.69) is 37.5 Å². The zero-order valence-electron chi connectivity index (χ0n) is 21.9. The van der Waals surface area contributed by atoms with E-state index in [-0.39, 0.29) is 35.2 Å². The van der Waals surface area contributed by atoms with E-state index in [1.807, 2.05) is 0 Å². The van der Waals surface area contributed by atoms with Gasteiger partial charge >= 0.3 is 0 Å². The van der Waals surface area contributed by atoms with Gasteiger partial charge in [-0.1, -0.05) is 30.3 Å². The summed E-state index contributed by atoms with van der Waals surface area (Å²) in [5, 5.41) is 17.2. The fraction of sp³-hybridized carbons (Fsp3) is 0.0345. The number of anilines is 3. The summed E-state index contributed by atoms with van der Waals surface area (Å²) >= 11 is 6.23. The van der Waals surface area contributed by atoms with E-state index in [9.17, 15) is 14.4 Å². The molecule has 0 aliphatic carbocycles. The monoisotopic (exact) mass is 585 g/mol. The number of ether oxygens (including phenoxy) is 1. The highest BCUT2D eigenvalue weighted by molar-refractivity contribution is 6.31. The molecule has 2 aromatic heterocycles. The molecule has 0 saturated heterocycles. The number of pyridine rings is 1. The number of nitrogens with one attached hydrogen (secondary N) is 4. The maximum Gasteiger partial charge on any atom is 0.267 e. The summed E-state index contributed by atoms with van der Waals surface area (Å²) < 4.78 is 5.80. The highest BCUT2D eigenvalue weighted by atomic mass is 35.5. The summed E-state index contributed by atoms with van der Waals surface area (Å²) in [6.07, 6.45) is 5.12. The molecule has 4 rings (SSSR count). The summed E-state index contributed by atoms with van der Waals surface area (Å²) in [5.74, 6) is -0.643. The lowest BCUT2D eigenvalue weighted by molar-refractivity contribution is -0.124. The fourth-order valence-electron chi connectivity index (χ4n) is 3.42. The molecule has 212 valence electrons. The molecular weight excluding hydrogens is 562 g/mol. The van der Waals surface area contributed by atoms with Crippen LogP contribution in [-0.4, -0.2) is 37.9 Å². The zero-order valence-corrected chi connectivity index (χ0v) is 22.6. The van der Waals surface area contributed by atoms with Gasteiger partial charge in [-0.15, -0.1) is 0 Å². The summed E-state index contributed by atoms with van der Waals surface area (Å²) in [4.78, 5) is 48.2. The number of rotatable bonds is 11. The van der Waals surface area contributed by atoms with E-state index in [0.29, 0.717) is 34.1 Å². The standard InChI is InChI=1S/C29H24ClN7O5/c1-2-25(38)34-21-6-4-8-23(15-21)42-28-24(30)17-32-29(36-28)35-20-11-9-18(10-12-20)27(40)31-16-22-7-3-5-19(33-22)13-14-26(39)37-41/h2-15,17,41H,1,16H2,(H,31,40)(H,34,38)(H,37,39)(H,32,35,36). The number of carbonyl (C=O) groups is 3. The molecule has 0 spiro atoms. The number of benzene rings is 2. The number of nitrogens with zero attached hydrogens (tertiary/aromatic N) is 3. The molecule has 13 heteroatoms. The number of carbonyl (C=O) groups excluding carboxylic acids is 3. The van der Waals surface area contributed by atoms with Crippen molar-refractivity contribution in [2.45, 2.75) is 6.54 Å². The first-order chi connectivity index (χ1) is 20.3. The molecular formula is C29H24ClN7O5. The molecule has 0 bridgehead atoms. The van der Waals surface area contributed by atoms with Crippen LogP contribution in [0.2, 0.25) is 5.02 Å². The average Bonchev–Trinajstić information content (AvgIpc) is 3.01. The smallest absolute Gasteiger partial charge is 0.267 e. The Kier molecular flexibility index (Phi) is 9.91. The highest BCUT2D eigenvalue weighted by Crippen LogP contribution is 2.29. The van der Waals surface area contributed by atoms with Crippen LogP contribution in [0.3, 0.4) is 0 Å². The van der Waals surface area contributed by atoms with Crippen LogP contribution in [-0.2, 0) is 16.1 Å². The summed E-state index contributed by atoms with van der Waals surface area (Å²) in [6.45, 7) is 3.59. The quantitative estimate of drug-likeness (QED) is 0.0957. The molecule has 42 heavy (non-hydrogen) atoms. The predicted octanol–water partition coefficient (Wildman–Crippen LogP) is 4.63. The van der Waals surface area contributed by atoms with Gasteiger partial charge in [0.2, 0.25) is 17.7 Å². The van der Waals surface area contributed by atoms with E-state index in [0.717, 1.165) is 12.2 Å². The molecule has 0 aliphatic heterocycles. The number of hydrogen-bond donors (Lipinski definition) is 5. The Labute approximate surface area is 245 Å². The Bertz CT molecular complexity index is 1640. The van der Waals surface area contributed by atoms with Gasteiger partial charge in [-0.05, 0) is 60.7 Å². The molecule has 0 unspecified atom stereocenters. The van der Waals surface area contributed by atoms with E-state index in [4.69, 9.17) is 21.5 Å². The Hall–Kier alpha value is -5.59. The number of hydroxylamine groups is 1. The van der Waals surface area contributed by atoms with Crippen LogP contribution in [0.15, 0.2) is 91.7 Å². The first-order valence-electron chi connectivity index (χ1n) is 12.3. The minimum absolute atomic E-state index is 0.0993. The molecule has 0 atom stereocenters. The van der Waals surface area contributed by atoms with Crippen LogP contribution in [0.1, 0.15) is 21.7 Å². The molecule has 2 heterocycles. The molecule has 0 fully saturated rings. The van der Waals surface area contributed by atoms with Crippen molar-refractivity contribution >= 4 is 52.7 Å². The first kappa shape index (κ1) is 29.4. The minimum Gasteiger partial charge on any atom is -0.437 e. The van der Waals surface area contributed by atoms with Crippen molar-refractivity contribution in [3.05, 3.63) is 114 Å². The number of amides is 3. The van der Waals surface area contributed by atoms with Crippen molar-refractivity contribution in [1.82, 2.24) is 25.7 Å². The predicted molar refractivity (Wildman–Crippen MR) is 156 cm³/mol. The molecule has 0 aliphatic rings. The Balaban J connectivity index is 1.36. The molecule has 4 aromatic rings. The topological polar surface area (TPSA) is 167 Å². The molecule has 2 aromatic carbocycles. The second-order valence-corrected chi connectivity index (χ2v) is 8.83. The number of hydrogen-bond acceptors (Lipinski definition) is 9. The van der Waals surface area contributed by atoms with Gasteiger partial charge in [0.25, 0.3) is 11.8 Å². The largest absolute Gasteiger partial charge is 0.437 e. The molecule has 0 radical (unpaired) electrons. The lowest BCUT2D eigenvalue weighted by atomic mass is 10.2. The third kappa shape index (κ3) is 8.45. The average molecular weight is 586 g/mol. The van der Waals surface area contributed by atoms with Crippen LogP contribution in [0.4, 0.5) is 17.3 Å². The van der Waals surface area contributed by atoms with Crippen LogP contribution in [0.25, 0.3) is 6.08 Å². The van der Waals surface area contributed by atoms with Gasteiger partial charge in [0.15, 0.2) is 0 Å². The van der Waals surface area contributed by atoms with Crippen molar-refractivity contribution in [3.63, 3.8) is 0 Å².